The summed E-state index contributed by atoms with van der Waals surface area (Å²) in [5, 5.41) is 11.8. The van der Waals surface area contributed by atoms with Crippen LogP contribution in [0.25, 0.3) is 0 Å². The summed E-state index contributed by atoms with van der Waals surface area (Å²) >= 11 is 0. The van der Waals surface area contributed by atoms with Crippen molar-refractivity contribution in [2.45, 2.75) is 0 Å². The number of hydrogen-bond donors (Lipinski definition) is 3. The lowest BCUT2D eigenvalue weighted by molar-refractivity contribution is 0.476. The number of phenolic OH excluding ortho intramolecular Hbond substituents is 1. The molecule has 0 amide bonds. The van der Waals surface area contributed by atoms with E-state index >= 15 is 0 Å². The second-order valence-corrected chi connectivity index (χ2v) is 2.02. The minimum absolute atomic E-state index is 0.191. The molecule has 1 aromatic carbocycles. The van der Waals surface area contributed by atoms with Crippen LogP contribution in [-0.2, 0) is 0 Å². The highest BCUT2D eigenvalue weighted by Gasteiger charge is 1.95. The van der Waals surface area contributed by atoms with Crippen LogP contribution in [-0.4, -0.2) is 12.2 Å². The molecule has 3 nitrogen and oxygen atoms in total. The van der Waals surface area contributed by atoms with Crippen LogP contribution in [0, 0.1) is 0 Å². The van der Waals surface area contributed by atoms with Crippen LogP contribution in [0.4, 0.5) is 11.4 Å². The maximum atomic E-state index is 8.93. The summed E-state index contributed by atoms with van der Waals surface area (Å²) in [6.45, 7) is 0. The van der Waals surface area contributed by atoms with Crippen LogP contribution in [0.3, 0.4) is 0 Å². The van der Waals surface area contributed by atoms with Gasteiger partial charge in [-0.15, -0.1) is 0 Å². The first-order valence-electron chi connectivity index (χ1n) is 3.00. The molecular formula is C7H10N2O. The molecule has 3 heteroatoms. The molecule has 0 bridgehead atoms. The summed E-state index contributed by atoms with van der Waals surface area (Å²) in [4.78, 5) is 0. The SMILES string of the molecule is CNc1ccc(O)cc1N. The van der Waals surface area contributed by atoms with Gasteiger partial charge in [-0.3, -0.25) is 0 Å². The molecule has 0 spiro atoms. The van der Waals surface area contributed by atoms with Gasteiger partial charge in [0.15, 0.2) is 0 Å². The van der Waals surface area contributed by atoms with Crippen LogP contribution >= 0.6 is 0 Å². The Morgan fingerprint density at radius 3 is 2.70 bits per heavy atom. The number of benzene rings is 1. The first kappa shape index (κ1) is 6.74. The lowest BCUT2D eigenvalue weighted by Crippen LogP contribution is -1.94. The Balaban J connectivity index is 3.07. The van der Waals surface area contributed by atoms with E-state index in [1.54, 1.807) is 19.2 Å². The number of nitrogen functional groups attached to an aromatic ring is 1. The van der Waals surface area contributed by atoms with Crippen molar-refractivity contribution >= 4 is 11.4 Å². The Morgan fingerprint density at radius 2 is 2.20 bits per heavy atom. The monoisotopic (exact) mass is 138 g/mol. The third kappa shape index (κ3) is 1.13. The molecule has 0 saturated heterocycles. The summed E-state index contributed by atoms with van der Waals surface area (Å²) in [5.74, 6) is 0.191. The maximum Gasteiger partial charge on any atom is 0.117 e. The summed E-state index contributed by atoms with van der Waals surface area (Å²) < 4.78 is 0. The second kappa shape index (κ2) is 2.47. The Hall–Kier alpha value is -1.38. The molecule has 0 aliphatic rings. The lowest BCUT2D eigenvalue weighted by atomic mass is 10.2. The fourth-order valence-electron chi connectivity index (χ4n) is 0.778. The third-order valence-electron chi connectivity index (χ3n) is 1.30. The van der Waals surface area contributed by atoms with E-state index in [4.69, 9.17) is 10.8 Å². The summed E-state index contributed by atoms with van der Waals surface area (Å²) in [6.07, 6.45) is 0. The summed E-state index contributed by atoms with van der Waals surface area (Å²) in [7, 11) is 1.78. The molecule has 1 aromatic rings. The quantitative estimate of drug-likeness (QED) is 0.401. The topological polar surface area (TPSA) is 58.3 Å². The third-order valence-corrected chi connectivity index (χ3v) is 1.30. The van der Waals surface area contributed by atoms with E-state index in [-0.39, 0.29) is 5.75 Å². The number of nitrogens with two attached hydrogens (primary N) is 1. The predicted octanol–water partition coefficient (Wildman–Crippen LogP) is 1.02. The zero-order chi connectivity index (χ0) is 7.56. The van der Waals surface area contributed by atoms with E-state index in [0.29, 0.717) is 5.69 Å². The number of nitrogens with one attached hydrogen (secondary N) is 1. The van der Waals surface area contributed by atoms with E-state index < -0.39 is 0 Å². The predicted molar refractivity (Wildman–Crippen MR) is 42.1 cm³/mol. The minimum Gasteiger partial charge on any atom is -0.508 e. The number of phenols is 1. The average Bonchev–Trinajstić information content (AvgIpc) is 1.88. The molecule has 10 heavy (non-hydrogen) atoms. The van der Waals surface area contributed by atoms with Crippen molar-refractivity contribution in [3.05, 3.63) is 18.2 Å². The highest BCUT2D eigenvalue weighted by molar-refractivity contribution is 5.67. The van der Waals surface area contributed by atoms with Crippen LogP contribution in [0.2, 0.25) is 0 Å². The zero-order valence-corrected chi connectivity index (χ0v) is 5.76. The molecule has 0 aromatic heterocycles. The second-order valence-electron chi connectivity index (χ2n) is 2.02. The molecule has 0 heterocycles. The van der Waals surface area contributed by atoms with E-state index in [9.17, 15) is 0 Å². The number of rotatable bonds is 1. The normalized spacial score (nSPS) is 9.30. The molecule has 0 atom stereocenters. The molecule has 0 unspecified atom stereocenters. The fraction of sp³-hybridized carbons (Fsp3) is 0.143. The zero-order valence-electron chi connectivity index (χ0n) is 5.76. The van der Waals surface area contributed by atoms with Gasteiger partial charge in [-0.25, -0.2) is 0 Å². The Kier molecular flexibility index (Phi) is 1.67. The van der Waals surface area contributed by atoms with Crippen LogP contribution < -0.4 is 11.1 Å². The van der Waals surface area contributed by atoms with Gasteiger partial charge in [0.05, 0.1) is 11.4 Å². The van der Waals surface area contributed by atoms with E-state index in [1.165, 1.54) is 6.07 Å². The Bertz CT molecular complexity index is 235. The molecule has 54 valence electrons. The van der Waals surface area contributed by atoms with Gasteiger partial charge >= 0.3 is 0 Å². The van der Waals surface area contributed by atoms with Crippen LogP contribution in [0.15, 0.2) is 18.2 Å². The number of hydrogen-bond acceptors (Lipinski definition) is 3. The van der Waals surface area contributed by atoms with Gasteiger partial charge < -0.3 is 16.2 Å². The van der Waals surface area contributed by atoms with Gasteiger partial charge in [0.1, 0.15) is 5.75 Å². The average molecular weight is 138 g/mol. The Morgan fingerprint density at radius 1 is 1.50 bits per heavy atom. The standard InChI is InChI=1S/C7H10N2O/c1-9-7-3-2-5(10)4-6(7)8/h2-4,9-10H,8H2,1H3. The van der Waals surface area contributed by atoms with E-state index in [0.717, 1.165) is 5.69 Å². The highest BCUT2D eigenvalue weighted by Crippen LogP contribution is 2.22. The van der Waals surface area contributed by atoms with Crippen molar-refractivity contribution < 1.29 is 5.11 Å². The summed E-state index contributed by atoms with van der Waals surface area (Å²) in [6, 6.07) is 4.82. The number of aromatic hydroxyl groups is 1. The molecule has 0 aliphatic carbocycles. The molecular weight excluding hydrogens is 128 g/mol. The van der Waals surface area contributed by atoms with Crippen molar-refractivity contribution in [1.82, 2.24) is 0 Å². The van der Waals surface area contributed by atoms with Gasteiger partial charge in [0.25, 0.3) is 0 Å². The minimum atomic E-state index is 0.191. The first-order chi connectivity index (χ1) is 4.74. The van der Waals surface area contributed by atoms with Gasteiger partial charge in [-0.05, 0) is 12.1 Å². The molecule has 1 rings (SSSR count). The van der Waals surface area contributed by atoms with Crippen molar-refractivity contribution in [3.8, 4) is 5.75 Å². The first-order valence-corrected chi connectivity index (χ1v) is 3.00. The summed E-state index contributed by atoms with van der Waals surface area (Å²) in [5.41, 5.74) is 6.90. The van der Waals surface area contributed by atoms with Gasteiger partial charge in [0, 0.05) is 13.1 Å². The molecule has 0 fully saturated rings. The maximum absolute atomic E-state index is 8.93. The molecule has 0 saturated carbocycles. The van der Waals surface area contributed by atoms with E-state index in [1.807, 2.05) is 0 Å². The lowest BCUT2D eigenvalue weighted by Gasteiger charge is -2.03. The number of anilines is 2. The van der Waals surface area contributed by atoms with Gasteiger partial charge in [0.2, 0.25) is 0 Å². The Labute approximate surface area is 59.5 Å². The van der Waals surface area contributed by atoms with Gasteiger partial charge in [-0.1, -0.05) is 0 Å². The van der Waals surface area contributed by atoms with Crippen molar-refractivity contribution in [2.75, 3.05) is 18.1 Å². The van der Waals surface area contributed by atoms with Crippen molar-refractivity contribution in [3.63, 3.8) is 0 Å². The molecule has 0 aliphatic heterocycles. The van der Waals surface area contributed by atoms with E-state index in [2.05, 4.69) is 5.32 Å². The largest absolute Gasteiger partial charge is 0.508 e. The van der Waals surface area contributed by atoms with Crippen LogP contribution in [0.1, 0.15) is 0 Å². The van der Waals surface area contributed by atoms with Crippen molar-refractivity contribution in [1.29, 1.82) is 0 Å². The smallest absolute Gasteiger partial charge is 0.117 e. The van der Waals surface area contributed by atoms with Crippen molar-refractivity contribution in [2.24, 2.45) is 0 Å². The molecule has 4 N–H and O–H groups in total. The highest BCUT2D eigenvalue weighted by atomic mass is 16.3. The van der Waals surface area contributed by atoms with Gasteiger partial charge in [-0.2, -0.15) is 0 Å². The van der Waals surface area contributed by atoms with Crippen LogP contribution in [0.5, 0.6) is 5.75 Å². The molecule has 0 radical (unpaired) electrons. The fourth-order valence-corrected chi connectivity index (χ4v) is 0.778.